The molecular formula is C15H14O4. The molecule has 0 atom stereocenters. The number of carbonyl (C=O) groups excluding carboxylic acids is 2. The number of esters is 2. The first kappa shape index (κ1) is 14.5. The van der Waals surface area contributed by atoms with Gasteiger partial charge in [-0.1, -0.05) is 24.0 Å². The minimum absolute atomic E-state index is 0.321. The highest BCUT2D eigenvalue weighted by Gasteiger charge is 2.08. The maximum absolute atomic E-state index is 11.5. The van der Waals surface area contributed by atoms with Gasteiger partial charge in [-0.3, -0.25) is 0 Å². The molecule has 0 saturated heterocycles. The summed E-state index contributed by atoms with van der Waals surface area (Å²) in [6.45, 7) is 2.05. The molecule has 0 bridgehead atoms. The van der Waals surface area contributed by atoms with Crippen LogP contribution in [0.5, 0.6) is 0 Å². The Morgan fingerprint density at radius 1 is 1.32 bits per heavy atom. The van der Waals surface area contributed by atoms with Crippen molar-refractivity contribution in [3.8, 4) is 11.8 Å². The van der Waals surface area contributed by atoms with Crippen LogP contribution in [0.2, 0.25) is 0 Å². The summed E-state index contributed by atoms with van der Waals surface area (Å²) in [4.78, 5) is 22.5. The lowest BCUT2D eigenvalue weighted by molar-refractivity contribution is -0.137. The third kappa shape index (κ3) is 4.68. The number of hydrogen-bond donors (Lipinski definition) is 0. The summed E-state index contributed by atoms with van der Waals surface area (Å²) in [7, 11) is 1.31. The van der Waals surface area contributed by atoms with Gasteiger partial charge < -0.3 is 9.47 Å². The first-order valence-corrected chi connectivity index (χ1v) is 5.71. The number of benzene rings is 1. The van der Waals surface area contributed by atoms with Gasteiger partial charge in [0.1, 0.15) is 0 Å². The van der Waals surface area contributed by atoms with E-state index in [9.17, 15) is 9.59 Å². The molecule has 4 heteroatoms. The van der Waals surface area contributed by atoms with Gasteiger partial charge in [-0.15, -0.1) is 0 Å². The van der Waals surface area contributed by atoms with E-state index in [4.69, 9.17) is 4.74 Å². The minimum Gasteiger partial charge on any atom is -0.465 e. The number of carbonyl (C=O) groups is 2. The van der Waals surface area contributed by atoms with E-state index in [0.29, 0.717) is 17.7 Å². The molecule has 0 radical (unpaired) electrons. The van der Waals surface area contributed by atoms with Crippen LogP contribution in [0, 0.1) is 11.8 Å². The van der Waals surface area contributed by atoms with Gasteiger partial charge >= 0.3 is 11.9 Å². The van der Waals surface area contributed by atoms with E-state index in [0.717, 1.165) is 0 Å². The highest BCUT2D eigenvalue weighted by Crippen LogP contribution is 2.08. The van der Waals surface area contributed by atoms with E-state index < -0.39 is 11.9 Å². The summed E-state index contributed by atoms with van der Waals surface area (Å²) in [6, 6.07) is 6.83. The van der Waals surface area contributed by atoms with E-state index in [1.165, 1.54) is 19.3 Å². The molecule has 1 rings (SSSR count). The molecule has 0 spiro atoms. The molecule has 1 aromatic rings. The third-order valence-electron chi connectivity index (χ3n) is 2.13. The Bertz CT molecular complexity index is 547. The number of hydrogen-bond acceptors (Lipinski definition) is 4. The molecule has 0 aromatic heterocycles. The first-order valence-electron chi connectivity index (χ1n) is 5.71. The van der Waals surface area contributed by atoms with Crippen LogP contribution >= 0.6 is 0 Å². The number of methoxy groups -OCH3 is 1. The Morgan fingerprint density at radius 2 is 2.05 bits per heavy atom. The fraction of sp³-hybridized carbons (Fsp3) is 0.200. The van der Waals surface area contributed by atoms with Crippen LogP contribution in [0.25, 0.3) is 0 Å². The number of allylic oxidation sites excluding steroid dienone is 1. The predicted octanol–water partition coefficient (Wildman–Crippen LogP) is 1.94. The van der Waals surface area contributed by atoms with Gasteiger partial charge in [-0.25, -0.2) is 9.59 Å². The molecule has 0 fully saturated rings. The topological polar surface area (TPSA) is 52.6 Å². The van der Waals surface area contributed by atoms with Crippen LogP contribution in [0.1, 0.15) is 22.8 Å². The van der Waals surface area contributed by atoms with Crippen LogP contribution in [-0.4, -0.2) is 25.7 Å². The molecule has 98 valence electrons. The molecule has 0 heterocycles. The summed E-state index contributed by atoms with van der Waals surface area (Å²) in [6.07, 6.45) is 2.61. The summed E-state index contributed by atoms with van der Waals surface area (Å²) in [5, 5.41) is 0. The lowest BCUT2D eigenvalue weighted by atomic mass is 10.1. The first-order chi connectivity index (χ1) is 9.19. The Labute approximate surface area is 112 Å². The van der Waals surface area contributed by atoms with Gasteiger partial charge in [0, 0.05) is 11.6 Å². The number of ether oxygens (including phenoxy) is 2. The molecule has 0 amide bonds. The average Bonchev–Trinajstić information content (AvgIpc) is 2.43. The largest absolute Gasteiger partial charge is 0.465 e. The lowest BCUT2D eigenvalue weighted by Crippen LogP contribution is -2.03. The Hall–Kier alpha value is -2.54. The molecule has 4 nitrogen and oxygen atoms in total. The van der Waals surface area contributed by atoms with Crippen molar-refractivity contribution < 1.29 is 19.1 Å². The lowest BCUT2D eigenvalue weighted by Gasteiger charge is -2.00. The third-order valence-corrected chi connectivity index (χ3v) is 2.13. The second-order valence-electron chi connectivity index (χ2n) is 3.39. The molecule has 0 unspecified atom stereocenters. The fourth-order valence-corrected chi connectivity index (χ4v) is 1.30. The van der Waals surface area contributed by atoms with Crippen molar-refractivity contribution in [2.75, 3.05) is 13.7 Å². The molecule has 0 aliphatic rings. The van der Waals surface area contributed by atoms with Crippen LogP contribution in [0.15, 0.2) is 36.4 Å². The second-order valence-corrected chi connectivity index (χ2v) is 3.39. The van der Waals surface area contributed by atoms with Crippen molar-refractivity contribution in [3.63, 3.8) is 0 Å². The Balaban J connectivity index is 2.84. The number of rotatable bonds is 3. The summed E-state index contributed by atoms with van der Waals surface area (Å²) < 4.78 is 9.36. The van der Waals surface area contributed by atoms with Gasteiger partial charge in [0.15, 0.2) is 0 Å². The SMILES string of the molecule is CCOC(=O)C=CC#Cc1ccccc1C(=O)OC. The van der Waals surface area contributed by atoms with Gasteiger partial charge in [-0.2, -0.15) is 0 Å². The molecule has 0 N–H and O–H groups in total. The molecule has 0 aliphatic carbocycles. The molecule has 1 aromatic carbocycles. The van der Waals surface area contributed by atoms with Crippen LogP contribution in [-0.2, 0) is 14.3 Å². The second kappa shape index (κ2) is 7.72. The molecule has 0 aliphatic heterocycles. The van der Waals surface area contributed by atoms with E-state index >= 15 is 0 Å². The van der Waals surface area contributed by atoms with Crippen molar-refractivity contribution in [3.05, 3.63) is 47.5 Å². The van der Waals surface area contributed by atoms with Gasteiger partial charge in [0.25, 0.3) is 0 Å². The Kier molecular flexibility index (Phi) is 5.90. The van der Waals surface area contributed by atoms with Crippen molar-refractivity contribution in [1.29, 1.82) is 0 Å². The normalized spacial score (nSPS) is 9.58. The average molecular weight is 258 g/mol. The zero-order chi connectivity index (χ0) is 14.1. The van der Waals surface area contributed by atoms with E-state index in [1.807, 2.05) is 0 Å². The highest BCUT2D eigenvalue weighted by atomic mass is 16.5. The molecule has 0 saturated carbocycles. The summed E-state index contributed by atoms with van der Waals surface area (Å²) in [5.74, 6) is 4.56. The van der Waals surface area contributed by atoms with Gasteiger partial charge in [0.05, 0.1) is 19.3 Å². The maximum atomic E-state index is 11.5. The molecular weight excluding hydrogens is 244 g/mol. The zero-order valence-corrected chi connectivity index (χ0v) is 10.8. The smallest absolute Gasteiger partial charge is 0.339 e. The van der Waals surface area contributed by atoms with E-state index in [1.54, 1.807) is 31.2 Å². The standard InChI is InChI=1S/C15H14O4/c1-3-19-14(16)11-7-5-9-12-8-4-6-10-13(12)15(17)18-2/h4,6-8,10-11H,3H2,1-2H3. The van der Waals surface area contributed by atoms with Crippen LogP contribution in [0.3, 0.4) is 0 Å². The van der Waals surface area contributed by atoms with E-state index in [-0.39, 0.29) is 0 Å². The van der Waals surface area contributed by atoms with Gasteiger partial charge in [-0.05, 0) is 25.1 Å². The van der Waals surface area contributed by atoms with Crippen molar-refractivity contribution >= 4 is 11.9 Å². The zero-order valence-electron chi connectivity index (χ0n) is 10.8. The molecule has 19 heavy (non-hydrogen) atoms. The van der Waals surface area contributed by atoms with Gasteiger partial charge in [0.2, 0.25) is 0 Å². The summed E-state index contributed by atoms with van der Waals surface area (Å²) in [5.41, 5.74) is 0.935. The fourth-order valence-electron chi connectivity index (χ4n) is 1.30. The summed E-state index contributed by atoms with van der Waals surface area (Å²) >= 11 is 0. The monoisotopic (exact) mass is 258 g/mol. The quantitative estimate of drug-likeness (QED) is 0.472. The predicted molar refractivity (Wildman–Crippen MR) is 70.4 cm³/mol. The highest BCUT2D eigenvalue weighted by molar-refractivity contribution is 5.92. The minimum atomic E-state index is -0.446. The van der Waals surface area contributed by atoms with Crippen molar-refractivity contribution in [2.45, 2.75) is 6.92 Å². The van der Waals surface area contributed by atoms with Crippen LogP contribution in [0.4, 0.5) is 0 Å². The van der Waals surface area contributed by atoms with Crippen molar-refractivity contribution in [2.24, 2.45) is 0 Å². The Morgan fingerprint density at radius 3 is 2.74 bits per heavy atom. The van der Waals surface area contributed by atoms with E-state index in [2.05, 4.69) is 16.6 Å². The van der Waals surface area contributed by atoms with Crippen LogP contribution < -0.4 is 0 Å². The van der Waals surface area contributed by atoms with Crippen molar-refractivity contribution in [1.82, 2.24) is 0 Å². The maximum Gasteiger partial charge on any atom is 0.339 e.